The molecule has 0 saturated heterocycles. The Kier molecular flexibility index (Phi) is 4.93. The third kappa shape index (κ3) is 3.32. The fourth-order valence-electron chi connectivity index (χ4n) is 3.99. The number of hydrogen-bond acceptors (Lipinski definition) is 6. The SMILES string of the molecule is C[C@@H](O)c1nc(C(F)F)c(C(=O)N2CCc3[nH]cnc3[C@@H]2c2ccc3ccccc3n2)o1. The van der Waals surface area contributed by atoms with E-state index in [4.69, 9.17) is 9.40 Å². The van der Waals surface area contributed by atoms with Crippen molar-refractivity contribution in [3.63, 3.8) is 0 Å². The Morgan fingerprint density at radius 1 is 1.25 bits per heavy atom. The van der Waals surface area contributed by atoms with Crippen molar-refractivity contribution in [1.82, 2.24) is 24.8 Å². The second-order valence-corrected chi connectivity index (χ2v) is 7.59. The summed E-state index contributed by atoms with van der Waals surface area (Å²) in [6.45, 7) is 1.56. The van der Waals surface area contributed by atoms with Crippen LogP contribution in [0.1, 0.15) is 64.7 Å². The molecule has 1 aliphatic heterocycles. The normalized spacial score (nSPS) is 17.0. The topological polar surface area (TPSA) is 108 Å². The van der Waals surface area contributed by atoms with Crippen LogP contribution in [0, 0.1) is 0 Å². The Morgan fingerprint density at radius 2 is 2.06 bits per heavy atom. The fraction of sp³-hybridized carbons (Fsp3) is 0.273. The minimum atomic E-state index is -3.03. The van der Waals surface area contributed by atoms with Gasteiger partial charge in [-0.25, -0.2) is 18.7 Å². The van der Waals surface area contributed by atoms with Gasteiger partial charge in [-0.3, -0.25) is 9.78 Å². The zero-order chi connectivity index (χ0) is 22.4. The van der Waals surface area contributed by atoms with Gasteiger partial charge in [-0.1, -0.05) is 24.3 Å². The number of fused-ring (bicyclic) bond motifs is 2. The quantitative estimate of drug-likeness (QED) is 0.502. The maximum Gasteiger partial charge on any atom is 0.292 e. The van der Waals surface area contributed by atoms with Crippen molar-refractivity contribution in [2.24, 2.45) is 0 Å². The van der Waals surface area contributed by atoms with Gasteiger partial charge in [-0.05, 0) is 19.1 Å². The van der Waals surface area contributed by atoms with E-state index in [0.29, 0.717) is 17.8 Å². The lowest BCUT2D eigenvalue weighted by molar-refractivity contribution is 0.0632. The number of alkyl halides is 2. The third-order valence-electron chi connectivity index (χ3n) is 5.51. The van der Waals surface area contributed by atoms with Gasteiger partial charge in [0.15, 0.2) is 5.69 Å². The number of aromatic nitrogens is 4. The Bertz CT molecular complexity index is 1300. The predicted molar refractivity (Wildman–Crippen MR) is 109 cm³/mol. The van der Waals surface area contributed by atoms with Gasteiger partial charge in [0.2, 0.25) is 11.7 Å². The van der Waals surface area contributed by atoms with E-state index in [-0.39, 0.29) is 12.4 Å². The van der Waals surface area contributed by atoms with Crippen LogP contribution >= 0.6 is 0 Å². The standard InChI is InChI=1S/C22H19F2N5O3/c1-11(30)21-28-17(20(23)24)19(32-21)22(31)29-9-8-14-16(26-10-25-14)18(29)15-7-6-12-4-2-3-5-13(12)27-15/h2-7,10-11,18,20,30H,8-9H2,1H3,(H,25,26)/t11-,18+/m1/s1. The zero-order valence-electron chi connectivity index (χ0n) is 17.0. The molecule has 5 rings (SSSR count). The molecule has 0 bridgehead atoms. The number of aliphatic hydroxyl groups is 1. The number of aromatic amines is 1. The van der Waals surface area contributed by atoms with Gasteiger partial charge < -0.3 is 19.4 Å². The van der Waals surface area contributed by atoms with Crippen molar-refractivity contribution >= 4 is 16.8 Å². The first kappa shape index (κ1) is 20.3. The molecule has 32 heavy (non-hydrogen) atoms. The van der Waals surface area contributed by atoms with E-state index in [1.165, 1.54) is 18.2 Å². The smallest absolute Gasteiger partial charge is 0.292 e. The summed E-state index contributed by atoms with van der Waals surface area (Å²) in [7, 11) is 0. The van der Waals surface area contributed by atoms with Gasteiger partial charge in [0.25, 0.3) is 12.3 Å². The summed E-state index contributed by atoms with van der Waals surface area (Å²) in [5.41, 5.74) is 1.96. The number of benzene rings is 1. The number of halogens is 2. The molecule has 4 heterocycles. The molecule has 4 aromatic rings. The molecule has 0 radical (unpaired) electrons. The molecule has 0 saturated carbocycles. The van der Waals surface area contributed by atoms with Crippen LogP contribution in [-0.4, -0.2) is 42.4 Å². The molecule has 164 valence electrons. The average Bonchev–Trinajstić information content (AvgIpc) is 3.45. The third-order valence-corrected chi connectivity index (χ3v) is 5.51. The van der Waals surface area contributed by atoms with Crippen LogP contribution in [-0.2, 0) is 6.42 Å². The van der Waals surface area contributed by atoms with E-state index in [9.17, 15) is 18.7 Å². The van der Waals surface area contributed by atoms with E-state index in [0.717, 1.165) is 16.6 Å². The monoisotopic (exact) mass is 439 g/mol. The zero-order valence-corrected chi connectivity index (χ0v) is 17.0. The van der Waals surface area contributed by atoms with Crippen LogP contribution < -0.4 is 0 Å². The number of pyridine rings is 1. The van der Waals surface area contributed by atoms with Crippen molar-refractivity contribution in [3.05, 3.63) is 77.2 Å². The van der Waals surface area contributed by atoms with Crippen LogP contribution in [0.5, 0.6) is 0 Å². The molecule has 3 aromatic heterocycles. The fourth-order valence-corrected chi connectivity index (χ4v) is 3.99. The van der Waals surface area contributed by atoms with Crippen LogP contribution in [0.2, 0.25) is 0 Å². The highest BCUT2D eigenvalue weighted by atomic mass is 19.3. The van der Waals surface area contributed by atoms with Crippen LogP contribution in [0.4, 0.5) is 8.78 Å². The van der Waals surface area contributed by atoms with Gasteiger partial charge >= 0.3 is 0 Å². The van der Waals surface area contributed by atoms with Gasteiger partial charge in [-0.2, -0.15) is 0 Å². The largest absolute Gasteiger partial charge is 0.432 e. The molecule has 0 unspecified atom stereocenters. The van der Waals surface area contributed by atoms with E-state index in [1.807, 2.05) is 30.3 Å². The number of aliphatic hydroxyl groups excluding tert-OH is 1. The highest BCUT2D eigenvalue weighted by Crippen LogP contribution is 2.36. The Labute approximate surface area is 180 Å². The first-order valence-electron chi connectivity index (χ1n) is 10.1. The number of para-hydroxylation sites is 1. The molecule has 0 aliphatic carbocycles. The van der Waals surface area contributed by atoms with Gasteiger partial charge in [0.1, 0.15) is 12.1 Å². The predicted octanol–water partition coefficient (Wildman–Crippen LogP) is 3.72. The molecule has 0 spiro atoms. The molecule has 1 amide bonds. The molecular weight excluding hydrogens is 420 g/mol. The maximum atomic E-state index is 13.6. The van der Waals surface area contributed by atoms with E-state index in [1.54, 1.807) is 6.07 Å². The lowest BCUT2D eigenvalue weighted by atomic mass is 9.98. The Balaban J connectivity index is 1.62. The minimum absolute atomic E-state index is 0.237. The highest BCUT2D eigenvalue weighted by Gasteiger charge is 2.39. The number of carbonyl (C=O) groups is 1. The number of H-pyrrole nitrogens is 1. The molecular formula is C22H19F2N5O3. The summed E-state index contributed by atoms with van der Waals surface area (Å²) in [4.78, 5) is 30.7. The van der Waals surface area contributed by atoms with Crippen molar-refractivity contribution in [2.45, 2.75) is 31.9 Å². The van der Waals surface area contributed by atoms with Crippen LogP contribution in [0.25, 0.3) is 10.9 Å². The van der Waals surface area contributed by atoms with Gasteiger partial charge in [0.05, 0.1) is 23.2 Å². The van der Waals surface area contributed by atoms with Crippen molar-refractivity contribution < 1.29 is 23.1 Å². The number of nitrogens with zero attached hydrogens (tertiary/aromatic N) is 4. The van der Waals surface area contributed by atoms with E-state index in [2.05, 4.69) is 15.0 Å². The summed E-state index contributed by atoms with van der Waals surface area (Å²) in [5.74, 6) is -1.67. The van der Waals surface area contributed by atoms with Crippen molar-refractivity contribution in [3.8, 4) is 0 Å². The number of rotatable bonds is 4. The lowest BCUT2D eigenvalue weighted by Crippen LogP contribution is -2.41. The number of imidazole rings is 1. The number of hydrogen-bond donors (Lipinski definition) is 2. The van der Waals surface area contributed by atoms with Crippen molar-refractivity contribution in [2.75, 3.05) is 6.54 Å². The summed E-state index contributed by atoms with van der Waals surface area (Å²) in [6.07, 6.45) is -2.26. The van der Waals surface area contributed by atoms with Gasteiger partial charge in [-0.15, -0.1) is 0 Å². The first-order valence-corrected chi connectivity index (χ1v) is 10.1. The number of amides is 1. The van der Waals surface area contributed by atoms with E-state index >= 15 is 0 Å². The second kappa shape index (κ2) is 7.79. The van der Waals surface area contributed by atoms with Crippen LogP contribution in [0.3, 0.4) is 0 Å². The molecule has 0 fully saturated rings. The first-order chi connectivity index (χ1) is 15.4. The number of nitrogens with one attached hydrogen (secondary N) is 1. The Hall–Kier alpha value is -3.66. The number of oxazole rings is 1. The second-order valence-electron chi connectivity index (χ2n) is 7.59. The van der Waals surface area contributed by atoms with Gasteiger partial charge in [0, 0.05) is 24.0 Å². The molecule has 10 heteroatoms. The van der Waals surface area contributed by atoms with E-state index < -0.39 is 35.9 Å². The lowest BCUT2D eigenvalue weighted by Gasteiger charge is -2.34. The molecule has 1 aromatic carbocycles. The van der Waals surface area contributed by atoms with Crippen molar-refractivity contribution in [1.29, 1.82) is 0 Å². The maximum absolute atomic E-state index is 13.6. The summed E-state index contributed by atoms with van der Waals surface area (Å²) in [5, 5.41) is 10.7. The summed E-state index contributed by atoms with van der Waals surface area (Å²) >= 11 is 0. The average molecular weight is 439 g/mol. The molecule has 2 N–H and O–H groups in total. The molecule has 2 atom stereocenters. The van der Waals surface area contributed by atoms with Crippen LogP contribution in [0.15, 0.2) is 47.1 Å². The minimum Gasteiger partial charge on any atom is -0.432 e. The Morgan fingerprint density at radius 3 is 2.84 bits per heavy atom. The summed E-state index contributed by atoms with van der Waals surface area (Å²) < 4.78 is 32.5. The highest BCUT2D eigenvalue weighted by molar-refractivity contribution is 5.93. The molecule has 1 aliphatic rings. The summed E-state index contributed by atoms with van der Waals surface area (Å²) in [6, 6.07) is 10.5. The number of carbonyl (C=O) groups excluding carboxylic acids is 1. The molecule has 8 nitrogen and oxygen atoms in total.